The van der Waals surface area contributed by atoms with Crippen molar-refractivity contribution < 1.29 is 14.2 Å². The summed E-state index contributed by atoms with van der Waals surface area (Å²) in [6, 6.07) is 0. The Hall–Kier alpha value is -0.860. The normalized spacial score (nSPS) is 8.73. The van der Waals surface area contributed by atoms with Crippen molar-refractivity contribution in [3.8, 4) is 0 Å². The van der Waals surface area contributed by atoms with Gasteiger partial charge in [-0.3, -0.25) is 0 Å². The molecular formula is C8H16O3. The number of hydrogen-bond donors (Lipinski definition) is 0. The van der Waals surface area contributed by atoms with Gasteiger partial charge in [-0.05, 0) is 13.8 Å². The third kappa shape index (κ3) is 3.75. The lowest BCUT2D eigenvalue weighted by Crippen LogP contribution is -2.01. The van der Waals surface area contributed by atoms with Crippen LogP contribution in [-0.2, 0) is 14.2 Å². The van der Waals surface area contributed by atoms with Gasteiger partial charge in [-0.2, -0.15) is 0 Å². The Kier molecular flexibility index (Phi) is 5.43. The van der Waals surface area contributed by atoms with E-state index in [1.807, 2.05) is 13.8 Å². The highest BCUT2D eigenvalue weighted by atomic mass is 16.7. The largest absolute Gasteiger partial charge is 0.494 e. The molecule has 0 N–H and O–H groups in total. The zero-order chi connectivity index (χ0) is 8.69. The summed E-state index contributed by atoms with van der Waals surface area (Å²) < 4.78 is 15.3. The molecule has 0 aliphatic carbocycles. The topological polar surface area (TPSA) is 27.7 Å². The number of hydrogen-bond acceptors (Lipinski definition) is 3. The molecule has 0 spiro atoms. The lowest BCUT2D eigenvalue weighted by atomic mass is 10.6. The Morgan fingerprint density at radius 2 is 1.55 bits per heavy atom. The van der Waals surface area contributed by atoms with E-state index < -0.39 is 0 Å². The first-order chi connectivity index (χ1) is 5.26. The Balaban J connectivity index is 4.05. The van der Waals surface area contributed by atoms with Gasteiger partial charge in [-0.25, -0.2) is 0 Å². The lowest BCUT2D eigenvalue weighted by Gasteiger charge is -2.10. The molecule has 0 amide bonds. The van der Waals surface area contributed by atoms with Gasteiger partial charge in [-0.15, -0.1) is 0 Å². The van der Waals surface area contributed by atoms with E-state index in [1.165, 1.54) is 0 Å². The van der Waals surface area contributed by atoms with E-state index in [9.17, 15) is 0 Å². The molecule has 0 aliphatic rings. The van der Waals surface area contributed by atoms with Crippen LogP contribution >= 0.6 is 0 Å². The molecule has 11 heavy (non-hydrogen) atoms. The summed E-state index contributed by atoms with van der Waals surface area (Å²) >= 11 is 0. The maximum atomic E-state index is 5.17. The van der Waals surface area contributed by atoms with E-state index in [1.54, 1.807) is 14.0 Å². The molecule has 0 radical (unpaired) electrons. The van der Waals surface area contributed by atoms with Gasteiger partial charge in [0.2, 0.25) is 0 Å². The van der Waals surface area contributed by atoms with Crippen LogP contribution in [-0.4, -0.2) is 20.3 Å². The fraction of sp³-hybridized carbons (Fsp3) is 0.750. The Morgan fingerprint density at radius 1 is 1.09 bits per heavy atom. The summed E-state index contributed by atoms with van der Waals surface area (Å²) in [6.45, 7) is 6.80. The minimum atomic E-state index is 0.484. The van der Waals surface area contributed by atoms with Crippen LogP contribution in [0.2, 0.25) is 0 Å². The van der Waals surface area contributed by atoms with Crippen molar-refractivity contribution in [3.05, 3.63) is 11.7 Å². The van der Waals surface area contributed by atoms with Crippen LogP contribution in [0.5, 0.6) is 0 Å². The van der Waals surface area contributed by atoms with E-state index in [4.69, 9.17) is 14.2 Å². The van der Waals surface area contributed by atoms with Gasteiger partial charge in [0.15, 0.2) is 5.76 Å². The summed E-state index contributed by atoms with van der Waals surface area (Å²) in [5.74, 6) is 1.16. The van der Waals surface area contributed by atoms with Gasteiger partial charge in [0, 0.05) is 6.92 Å². The van der Waals surface area contributed by atoms with Crippen LogP contribution in [0.1, 0.15) is 20.8 Å². The molecule has 3 nitrogen and oxygen atoms in total. The second-order valence-corrected chi connectivity index (χ2v) is 1.91. The zero-order valence-electron chi connectivity index (χ0n) is 7.64. The standard InChI is InChI=1S/C8H16O3/c1-5-10-8(11-6-2)7(3)9-4/h5-6H2,1-4H3. The van der Waals surface area contributed by atoms with E-state index in [0.29, 0.717) is 24.9 Å². The quantitative estimate of drug-likeness (QED) is 0.575. The fourth-order valence-electron chi connectivity index (χ4n) is 0.590. The number of methoxy groups -OCH3 is 1. The molecule has 66 valence electrons. The zero-order valence-corrected chi connectivity index (χ0v) is 7.64. The van der Waals surface area contributed by atoms with Crippen molar-refractivity contribution in [2.24, 2.45) is 0 Å². The molecule has 0 aromatic carbocycles. The maximum absolute atomic E-state index is 5.17. The molecule has 0 heterocycles. The van der Waals surface area contributed by atoms with Gasteiger partial charge < -0.3 is 14.2 Å². The summed E-state index contributed by atoms with van der Waals surface area (Å²) in [5.41, 5.74) is 0. The molecule has 0 aliphatic heterocycles. The van der Waals surface area contributed by atoms with E-state index in [2.05, 4.69) is 0 Å². The first kappa shape index (κ1) is 10.1. The monoisotopic (exact) mass is 160 g/mol. The van der Waals surface area contributed by atoms with E-state index in [-0.39, 0.29) is 0 Å². The van der Waals surface area contributed by atoms with Crippen LogP contribution in [0.4, 0.5) is 0 Å². The van der Waals surface area contributed by atoms with Crippen LogP contribution in [0.25, 0.3) is 0 Å². The van der Waals surface area contributed by atoms with Crippen molar-refractivity contribution in [1.82, 2.24) is 0 Å². The third-order valence-corrected chi connectivity index (χ3v) is 1.14. The van der Waals surface area contributed by atoms with E-state index >= 15 is 0 Å². The van der Waals surface area contributed by atoms with Crippen LogP contribution in [0.15, 0.2) is 11.7 Å². The van der Waals surface area contributed by atoms with Crippen LogP contribution in [0.3, 0.4) is 0 Å². The molecule has 0 aromatic rings. The van der Waals surface area contributed by atoms with E-state index in [0.717, 1.165) is 0 Å². The van der Waals surface area contributed by atoms with Crippen molar-refractivity contribution in [3.63, 3.8) is 0 Å². The van der Waals surface area contributed by atoms with Crippen molar-refractivity contribution in [1.29, 1.82) is 0 Å². The Labute approximate surface area is 67.9 Å². The highest BCUT2D eigenvalue weighted by Crippen LogP contribution is 2.07. The van der Waals surface area contributed by atoms with Crippen molar-refractivity contribution in [2.45, 2.75) is 20.8 Å². The highest BCUT2D eigenvalue weighted by Gasteiger charge is 2.03. The van der Waals surface area contributed by atoms with Gasteiger partial charge >= 0.3 is 5.95 Å². The molecule has 0 aromatic heterocycles. The van der Waals surface area contributed by atoms with Crippen molar-refractivity contribution in [2.75, 3.05) is 20.3 Å². The fourth-order valence-corrected chi connectivity index (χ4v) is 0.590. The first-order valence-electron chi connectivity index (χ1n) is 3.76. The molecule has 0 bridgehead atoms. The van der Waals surface area contributed by atoms with Crippen LogP contribution in [0, 0.1) is 0 Å². The minimum Gasteiger partial charge on any atom is -0.494 e. The Bertz CT molecular complexity index is 121. The highest BCUT2D eigenvalue weighted by molar-refractivity contribution is 4.89. The SMILES string of the molecule is CCOC(OCC)=C(C)OC. The number of rotatable bonds is 5. The summed E-state index contributed by atoms with van der Waals surface area (Å²) in [7, 11) is 1.59. The van der Waals surface area contributed by atoms with Gasteiger partial charge in [0.25, 0.3) is 0 Å². The molecule has 0 fully saturated rings. The number of ether oxygens (including phenoxy) is 3. The second-order valence-electron chi connectivity index (χ2n) is 1.91. The average molecular weight is 160 g/mol. The Morgan fingerprint density at radius 3 is 1.82 bits per heavy atom. The molecule has 0 unspecified atom stereocenters. The molecule has 0 atom stereocenters. The molecular weight excluding hydrogens is 144 g/mol. The summed E-state index contributed by atoms with van der Waals surface area (Å²) in [4.78, 5) is 0. The smallest absolute Gasteiger partial charge is 0.318 e. The maximum Gasteiger partial charge on any atom is 0.318 e. The molecule has 0 rings (SSSR count). The average Bonchev–Trinajstić information content (AvgIpc) is 2.03. The third-order valence-electron chi connectivity index (χ3n) is 1.14. The van der Waals surface area contributed by atoms with Gasteiger partial charge in [-0.1, -0.05) is 0 Å². The molecule has 3 heteroatoms. The summed E-state index contributed by atoms with van der Waals surface area (Å²) in [5, 5.41) is 0. The van der Waals surface area contributed by atoms with Gasteiger partial charge in [0.1, 0.15) is 0 Å². The minimum absolute atomic E-state index is 0.484. The molecule has 0 saturated heterocycles. The predicted octanol–water partition coefficient (Wildman–Crippen LogP) is 1.89. The lowest BCUT2D eigenvalue weighted by molar-refractivity contribution is 0.0269. The summed E-state index contributed by atoms with van der Waals surface area (Å²) in [6.07, 6.45) is 0. The first-order valence-corrected chi connectivity index (χ1v) is 3.76. The number of allylic oxidation sites excluding steroid dienone is 1. The molecule has 0 saturated carbocycles. The predicted molar refractivity (Wildman–Crippen MR) is 43.0 cm³/mol. The second kappa shape index (κ2) is 5.89. The van der Waals surface area contributed by atoms with Gasteiger partial charge in [0.05, 0.1) is 20.3 Å². The van der Waals surface area contributed by atoms with Crippen molar-refractivity contribution >= 4 is 0 Å². The van der Waals surface area contributed by atoms with Crippen LogP contribution < -0.4 is 0 Å².